The molecule has 6 nitrogen and oxygen atoms in total. The molecule has 1 aromatic carbocycles. The van der Waals surface area contributed by atoms with Gasteiger partial charge in [-0.15, -0.1) is 0 Å². The van der Waals surface area contributed by atoms with Crippen LogP contribution in [0.3, 0.4) is 0 Å². The van der Waals surface area contributed by atoms with Gasteiger partial charge in [0.1, 0.15) is 0 Å². The van der Waals surface area contributed by atoms with E-state index in [0.29, 0.717) is 13.1 Å². The minimum absolute atomic E-state index is 0.0271. The number of hydrogen-bond acceptors (Lipinski definition) is 4. The van der Waals surface area contributed by atoms with Crippen LogP contribution in [-0.4, -0.2) is 40.0 Å². The third-order valence-corrected chi connectivity index (χ3v) is 3.97. The van der Waals surface area contributed by atoms with Gasteiger partial charge in [0.15, 0.2) is 0 Å². The van der Waals surface area contributed by atoms with Crippen LogP contribution < -0.4 is 0 Å². The molecule has 118 valence electrons. The van der Waals surface area contributed by atoms with Gasteiger partial charge in [-0.25, -0.2) is 0 Å². The molecule has 0 aromatic heterocycles. The Morgan fingerprint density at radius 1 is 1.45 bits per heavy atom. The third-order valence-electron chi connectivity index (χ3n) is 3.97. The van der Waals surface area contributed by atoms with Crippen LogP contribution >= 0.6 is 0 Å². The molecule has 1 heterocycles. The van der Waals surface area contributed by atoms with Crippen molar-refractivity contribution < 1.29 is 14.8 Å². The highest BCUT2D eigenvalue weighted by atomic mass is 16.6. The number of carbonyl (C=O) groups excluding carboxylic acids is 1. The van der Waals surface area contributed by atoms with Crippen LogP contribution in [-0.2, 0) is 4.79 Å². The van der Waals surface area contributed by atoms with Crippen LogP contribution in [0.4, 0.5) is 5.69 Å². The van der Waals surface area contributed by atoms with E-state index in [-0.39, 0.29) is 17.5 Å². The van der Waals surface area contributed by atoms with E-state index in [2.05, 4.69) is 0 Å². The summed E-state index contributed by atoms with van der Waals surface area (Å²) in [5.74, 6) is 0.0363. The van der Waals surface area contributed by atoms with Crippen molar-refractivity contribution in [2.45, 2.75) is 25.9 Å². The van der Waals surface area contributed by atoms with Gasteiger partial charge in [-0.3, -0.25) is 14.9 Å². The first kappa shape index (κ1) is 16.2. The lowest BCUT2D eigenvalue weighted by Gasteiger charge is -2.33. The maximum atomic E-state index is 12.2. The molecule has 1 aliphatic heterocycles. The number of aliphatic hydroxyl groups is 1. The molecule has 0 radical (unpaired) electrons. The fourth-order valence-corrected chi connectivity index (χ4v) is 2.58. The van der Waals surface area contributed by atoms with Crippen LogP contribution in [0.1, 0.15) is 25.3 Å². The molecule has 0 spiro atoms. The molecule has 1 aliphatic rings. The molecule has 0 saturated carbocycles. The van der Waals surface area contributed by atoms with Crippen molar-refractivity contribution in [3.63, 3.8) is 0 Å². The Bertz CT molecular complexity index is 566. The number of rotatable bonds is 4. The zero-order chi connectivity index (χ0) is 16.1. The highest BCUT2D eigenvalue weighted by Crippen LogP contribution is 2.20. The summed E-state index contributed by atoms with van der Waals surface area (Å²) in [5, 5.41) is 20.2. The molecule has 22 heavy (non-hydrogen) atoms. The number of nitro groups is 1. The average Bonchev–Trinajstić information content (AvgIpc) is 2.53. The van der Waals surface area contributed by atoms with Gasteiger partial charge in [0.05, 0.1) is 11.0 Å². The Labute approximate surface area is 129 Å². The first-order valence-electron chi connectivity index (χ1n) is 7.37. The zero-order valence-corrected chi connectivity index (χ0v) is 12.5. The molecule has 1 aromatic rings. The molecular weight excluding hydrogens is 284 g/mol. The predicted octanol–water partition coefficient (Wildman–Crippen LogP) is 2.23. The second-order valence-corrected chi connectivity index (χ2v) is 5.61. The van der Waals surface area contributed by atoms with Gasteiger partial charge in [-0.05, 0) is 43.5 Å². The highest BCUT2D eigenvalue weighted by molar-refractivity contribution is 5.91. The van der Waals surface area contributed by atoms with Crippen molar-refractivity contribution in [1.82, 2.24) is 4.90 Å². The summed E-state index contributed by atoms with van der Waals surface area (Å²) in [6.45, 7) is 3.03. The minimum Gasteiger partial charge on any atom is -0.393 e. The molecule has 6 heteroatoms. The van der Waals surface area contributed by atoms with E-state index in [1.54, 1.807) is 30.0 Å². The number of carbonyl (C=O) groups is 1. The molecule has 2 atom stereocenters. The monoisotopic (exact) mass is 304 g/mol. The van der Waals surface area contributed by atoms with Gasteiger partial charge in [0.2, 0.25) is 5.91 Å². The van der Waals surface area contributed by atoms with Gasteiger partial charge in [0.25, 0.3) is 5.69 Å². The molecular formula is C16H20N2O4. The van der Waals surface area contributed by atoms with Crippen molar-refractivity contribution >= 4 is 17.7 Å². The number of non-ortho nitro benzene ring substituents is 1. The Morgan fingerprint density at radius 2 is 2.14 bits per heavy atom. The summed E-state index contributed by atoms with van der Waals surface area (Å²) >= 11 is 0. The van der Waals surface area contributed by atoms with E-state index in [9.17, 15) is 20.0 Å². The Morgan fingerprint density at radius 3 is 2.73 bits per heavy atom. The van der Waals surface area contributed by atoms with Crippen LogP contribution in [0.2, 0.25) is 0 Å². The lowest BCUT2D eigenvalue weighted by molar-refractivity contribution is -0.384. The van der Waals surface area contributed by atoms with Crippen LogP contribution in [0.5, 0.6) is 0 Å². The summed E-state index contributed by atoms with van der Waals surface area (Å²) in [7, 11) is 0. The number of aliphatic hydroxyl groups excluding tert-OH is 1. The van der Waals surface area contributed by atoms with Gasteiger partial charge in [-0.1, -0.05) is 0 Å². The summed E-state index contributed by atoms with van der Waals surface area (Å²) in [6.07, 6.45) is 4.55. The fraction of sp³-hybridized carbons (Fsp3) is 0.438. The predicted molar refractivity (Wildman–Crippen MR) is 83.1 cm³/mol. The van der Waals surface area contributed by atoms with Gasteiger partial charge in [-0.2, -0.15) is 0 Å². The largest absolute Gasteiger partial charge is 0.393 e. The molecule has 2 unspecified atom stereocenters. The highest BCUT2D eigenvalue weighted by Gasteiger charge is 2.25. The Hall–Kier alpha value is -2.21. The summed E-state index contributed by atoms with van der Waals surface area (Å²) in [6, 6.07) is 6.04. The average molecular weight is 304 g/mol. The van der Waals surface area contributed by atoms with Gasteiger partial charge >= 0.3 is 0 Å². The molecule has 1 amide bonds. The van der Waals surface area contributed by atoms with E-state index in [1.807, 2.05) is 0 Å². The third kappa shape index (κ3) is 4.14. The van der Waals surface area contributed by atoms with Crippen molar-refractivity contribution in [3.05, 3.63) is 46.0 Å². The minimum atomic E-state index is -0.456. The van der Waals surface area contributed by atoms with Crippen molar-refractivity contribution in [2.24, 2.45) is 5.92 Å². The second-order valence-electron chi connectivity index (χ2n) is 5.61. The van der Waals surface area contributed by atoms with Crippen LogP contribution in [0, 0.1) is 16.0 Å². The molecule has 0 bridgehead atoms. The molecule has 1 N–H and O–H groups in total. The quantitative estimate of drug-likeness (QED) is 0.525. The van der Waals surface area contributed by atoms with E-state index >= 15 is 0 Å². The maximum absolute atomic E-state index is 12.2. The number of nitrogens with zero attached hydrogens (tertiary/aromatic N) is 2. The summed E-state index contributed by atoms with van der Waals surface area (Å²) in [4.78, 5) is 24.0. The SMILES string of the molecule is CC(O)C1CCCN(C(=O)/C=C/c2ccc([N+](=O)[O-])cc2)C1. The first-order chi connectivity index (χ1) is 10.5. The fourth-order valence-electron chi connectivity index (χ4n) is 2.58. The van der Waals surface area contributed by atoms with E-state index in [1.165, 1.54) is 18.2 Å². The van der Waals surface area contributed by atoms with Crippen molar-refractivity contribution in [2.75, 3.05) is 13.1 Å². The lowest BCUT2D eigenvalue weighted by Crippen LogP contribution is -2.42. The van der Waals surface area contributed by atoms with E-state index in [0.717, 1.165) is 18.4 Å². The van der Waals surface area contributed by atoms with E-state index < -0.39 is 11.0 Å². The van der Waals surface area contributed by atoms with Gasteiger partial charge in [0, 0.05) is 37.2 Å². The standard InChI is InChI=1S/C16H20N2O4/c1-12(19)14-3-2-10-17(11-14)16(20)9-6-13-4-7-15(8-5-13)18(21)22/h4-9,12,14,19H,2-3,10-11H2,1H3/b9-6+. The normalized spacial score (nSPS) is 20.1. The van der Waals surface area contributed by atoms with Crippen LogP contribution in [0.25, 0.3) is 6.08 Å². The Kier molecular flexibility index (Phi) is 5.27. The number of hydrogen-bond donors (Lipinski definition) is 1. The zero-order valence-electron chi connectivity index (χ0n) is 12.5. The number of amides is 1. The van der Waals surface area contributed by atoms with E-state index in [4.69, 9.17) is 0 Å². The van der Waals surface area contributed by atoms with Gasteiger partial charge < -0.3 is 10.0 Å². The first-order valence-corrected chi connectivity index (χ1v) is 7.37. The number of nitro benzene ring substituents is 1. The lowest BCUT2D eigenvalue weighted by atomic mass is 9.93. The number of likely N-dealkylation sites (tertiary alicyclic amines) is 1. The van der Waals surface area contributed by atoms with Crippen molar-refractivity contribution in [3.8, 4) is 0 Å². The molecule has 1 fully saturated rings. The van der Waals surface area contributed by atoms with Crippen LogP contribution in [0.15, 0.2) is 30.3 Å². The second kappa shape index (κ2) is 7.17. The number of piperidine rings is 1. The molecule has 0 aliphatic carbocycles. The molecule has 2 rings (SSSR count). The van der Waals surface area contributed by atoms with Crippen molar-refractivity contribution in [1.29, 1.82) is 0 Å². The molecule has 1 saturated heterocycles. The smallest absolute Gasteiger partial charge is 0.269 e. The summed E-state index contributed by atoms with van der Waals surface area (Å²) in [5.41, 5.74) is 0.766. The number of benzene rings is 1. The topological polar surface area (TPSA) is 83.7 Å². The summed E-state index contributed by atoms with van der Waals surface area (Å²) < 4.78 is 0. The Balaban J connectivity index is 1.97. The maximum Gasteiger partial charge on any atom is 0.269 e.